The number of ether oxygens (including phenoxy) is 2. The van der Waals surface area contributed by atoms with Crippen LogP contribution in [-0.2, 0) is 4.74 Å². The van der Waals surface area contributed by atoms with Crippen LogP contribution in [0.5, 0.6) is 5.75 Å². The van der Waals surface area contributed by atoms with Gasteiger partial charge in [0.05, 0.1) is 17.7 Å². The predicted octanol–water partition coefficient (Wildman–Crippen LogP) is 1.76. The maximum Gasteiger partial charge on any atom is 0.259 e. The van der Waals surface area contributed by atoms with Crippen molar-refractivity contribution in [3.63, 3.8) is 0 Å². The normalized spacial score (nSPS) is 19.4. The molecule has 1 atom stereocenters. The second kappa shape index (κ2) is 7.06. The van der Waals surface area contributed by atoms with Crippen molar-refractivity contribution in [2.75, 3.05) is 25.4 Å². The Morgan fingerprint density at radius 1 is 1.40 bits per heavy atom. The van der Waals surface area contributed by atoms with Crippen LogP contribution in [0.2, 0.25) is 0 Å². The predicted molar refractivity (Wildman–Crippen MR) is 93.2 cm³/mol. The van der Waals surface area contributed by atoms with Gasteiger partial charge in [0, 0.05) is 12.7 Å². The van der Waals surface area contributed by atoms with E-state index in [-0.39, 0.29) is 17.8 Å². The summed E-state index contributed by atoms with van der Waals surface area (Å²) in [5.41, 5.74) is 5.64. The second-order valence-electron chi connectivity index (χ2n) is 6.63. The van der Waals surface area contributed by atoms with E-state index in [1.165, 1.54) is 12.5 Å². The number of nitrogens with zero attached hydrogens (tertiary/aromatic N) is 3. The molecule has 0 spiro atoms. The van der Waals surface area contributed by atoms with Crippen molar-refractivity contribution >= 4 is 11.7 Å². The number of rotatable bonds is 4. The SMILES string of the molecule is CC1(C)CN(C(=O)c2cncnc2N)CC(COc2ccccc2)O1. The molecule has 1 amide bonds. The highest BCUT2D eigenvalue weighted by molar-refractivity contribution is 5.98. The summed E-state index contributed by atoms with van der Waals surface area (Å²) in [4.78, 5) is 22.3. The highest BCUT2D eigenvalue weighted by atomic mass is 16.5. The Hall–Kier alpha value is -2.67. The third-order valence-corrected chi connectivity index (χ3v) is 3.92. The number of benzene rings is 1. The molecule has 3 rings (SSSR count). The second-order valence-corrected chi connectivity index (χ2v) is 6.63. The van der Waals surface area contributed by atoms with Gasteiger partial charge in [0.15, 0.2) is 0 Å². The van der Waals surface area contributed by atoms with E-state index >= 15 is 0 Å². The molecule has 7 heteroatoms. The molecule has 0 radical (unpaired) electrons. The van der Waals surface area contributed by atoms with Gasteiger partial charge < -0.3 is 20.1 Å². The van der Waals surface area contributed by atoms with Gasteiger partial charge in [-0.2, -0.15) is 0 Å². The summed E-state index contributed by atoms with van der Waals surface area (Å²) < 4.78 is 11.8. The first kappa shape index (κ1) is 17.2. The number of nitrogen functional groups attached to an aromatic ring is 1. The van der Waals surface area contributed by atoms with Gasteiger partial charge in [-0.15, -0.1) is 0 Å². The Kier molecular flexibility index (Phi) is 4.85. The minimum Gasteiger partial charge on any atom is -0.491 e. The molecule has 0 saturated carbocycles. The first-order valence-corrected chi connectivity index (χ1v) is 8.15. The maximum absolute atomic E-state index is 12.8. The quantitative estimate of drug-likeness (QED) is 0.910. The van der Waals surface area contributed by atoms with Crippen LogP contribution in [0, 0.1) is 0 Å². The highest BCUT2D eigenvalue weighted by Crippen LogP contribution is 2.24. The van der Waals surface area contributed by atoms with Gasteiger partial charge in [-0.1, -0.05) is 18.2 Å². The molecule has 2 heterocycles. The third kappa shape index (κ3) is 4.24. The molecule has 0 bridgehead atoms. The van der Waals surface area contributed by atoms with Crippen molar-refractivity contribution in [2.45, 2.75) is 25.6 Å². The van der Waals surface area contributed by atoms with Gasteiger partial charge in [-0.25, -0.2) is 9.97 Å². The number of amides is 1. The fourth-order valence-electron chi connectivity index (χ4n) is 2.92. The van der Waals surface area contributed by atoms with E-state index in [4.69, 9.17) is 15.2 Å². The van der Waals surface area contributed by atoms with E-state index in [0.29, 0.717) is 25.3 Å². The number of carbonyl (C=O) groups is 1. The zero-order chi connectivity index (χ0) is 17.9. The fourth-order valence-corrected chi connectivity index (χ4v) is 2.92. The molecule has 1 aliphatic heterocycles. The number of morpholine rings is 1. The summed E-state index contributed by atoms with van der Waals surface area (Å²) in [6, 6.07) is 9.53. The number of anilines is 1. The number of carbonyl (C=O) groups excluding carboxylic acids is 1. The first-order chi connectivity index (χ1) is 11.9. The van der Waals surface area contributed by atoms with E-state index in [0.717, 1.165) is 5.75 Å². The molecule has 1 unspecified atom stereocenters. The number of para-hydroxylation sites is 1. The summed E-state index contributed by atoms with van der Waals surface area (Å²) >= 11 is 0. The molecule has 7 nitrogen and oxygen atoms in total. The van der Waals surface area contributed by atoms with Crippen molar-refractivity contribution in [2.24, 2.45) is 0 Å². The molecule has 25 heavy (non-hydrogen) atoms. The smallest absolute Gasteiger partial charge is 0.259 e. The van der Waals surface area contributed by atoms with E-state index in [1.807, 2.05) is 44.2 Å². The number of hydrogen-bond donors (Lipinski definition) is 1. The van der Waals surface area contributed by atoms with Crippen LogP contribution in [0.3, 0.4) is 0 Å². The lowest BCUT2D eigenvalue weighted by molar-refractivity contribution is -0.136. The van der Waals surface area contributed by atoms with Crippen molar-refractivity contribution in [1.82, 2.24) is 14.9 Å². The Morgan fingerprint density at radius 2 is 2.16 bits per heavy atom. The van der Waals surface area contributed by atoms with E-state index in [1.54, 1.807) is 4.90 Å². The van der Waals surface area contributed by atoms with E-state index in [2.05, 4.69) is 9.97 Å². The lowest BCUT2D eigenvalue weighted by Gasteiger charge is -2.42. The van der Waals surface area contributed by atoms with E-state index in [9.17, 15) is 4.79 Å². The molecule has 1 fully saturated rings. The average molecular weight is 342 g/mol. The average Bonchev–Trinajstić information content (AvgIpc) is 2.59. The summed E-state index contributed by atoms with van der Waals surface area (Å²) in [6.07, 6.45) is 2.54. The Bertz CT molecular complexity index is 736. The fraction of sp³-hybridized carbons (Fsp3) is 0.389. The van der Waals surface area contributed by atoms with Gasteiger partial charge in [0.2, 0.25) is 0 Å². The van der Waals surface area contributed by atoms with Gasteiger partial charge in [0.1, 0.15) is 30.6 Å². The Morgan fingerprint density at radius 3 is 2.88 bits per heavy atom. The monoisotopic (exact) mass is 342 g/mol. The van der Waals surface area contributed by atoms with Crippen LogP contribution in [-0.4, -0.2) is 52.2 Å². The molecule has 1 aliphatic rings. The molecule has 1 aromatic heterocycles. The van der Waals surface area contributed by atoms with Crippen LogP contribution < -0.4 is 10.5 Å². The minimum atomic E-state index is -0.483. The molecule has 1 aromatic carbocycles. The van der Waals surface area contributed by atoms with Gasteiger partial charge >= 0.3 is 0 Å². The van der Waals surface area contributed by atoms with Gasteiger partial charge in [-0.05, 0) is 26.0 Å². The molecule has 1 saturated heterocycles. The Labute approximate surface area is 146 Å². The molecular weight excluding hydrogens is 320 g/mol. The molecule has 0 aliphatic carbocycles. The van der Waals surface area contributed by atoms with Crippen molar-refractivity contribution in [3.8, 4) is 5.75 Å². The molecular formula is C18H22N4O3. The van der Waals surface area contributed by atoms with Crippen molar-refractivity contribution in [1.29, 1.82) is 0 Å². The maximum atomic E-state index is 12.8. The van der Waals surface area contributed by atoms with Gasteiger partial charge in [0.25, 0.3) is 5.91 Å². The summed E-state index contributed by atoms with van der Waals surface area (Å²) in [5, 5.41) is 0. The first-order valence-electron chi connectivity index (χ1n) is 8.15. The van der Waals surface area contributed by atoms with Crippen LogP contribution in [0.25, 0.3) is 0 Å². The van der Waals surface area contributed by atoms with Gasteiger partial charge in [-0.3, -0.25) is 4.79 Å². The number of nitrogens with two attached hydrogens (primary N) is 1. The lowest BCUT2D eigenvalue weighted by atomic mass is 10.0. The number of hydrogen-bond acceptors (Lipinski definition) is 6. The van der Waals surface area contributed by atoms with E-state index < -0.39 is 5.60 Å². The topological polar surface area (TPSA) is 90.6 Å². The van der Waals surface area contributed by atoms with Crippen LogP contribution >= 0.6 is 0 Å². The molecule has 2 aromatic rings. The van der Waals surface area contributed by atoms with Crippen LogP contribution in [0.15, 0.2) is 42.9 Å². The lowest BCUT2D eigenvalue weighted by Crippen LogP contribution is -2.56. The summed E-state index contributed by atoms with van der Waals surface area (Å²) in [7, 11) is 0. The summed E-state index contributed by atoms with van der Waals surface area (Å²) in [6.45, 7) is 5.14. The molecule has 132 valence electrons. The largest absolute Gasteiger partial charge is 0.491 e. The Balaban J connectivity index is 1.70. The molecule has 2 N–H and O–H groups in total. The minimum absolute atomic E-state index is 0.182. The van der Waals surface area contributed by atoms with Crippen molar-refractivity contribution < 1.29 is 14.3 Å². The number of aromatic nitrogens is 2. The highest BCUT2D eigenvalue weighted by Gasteiger charge is 2.36. The van der Waals surface area contributed by atoms with Crippen LogP contribution in [0.1, 0.15) is 24.2 Å². The zero-order valence-corrected chi connectivity index (χ0v) is 14.4. The zero-order valence-electron chi connectivity index (χ0n) is 14.4. The van der Waals surface area contributed by atoms with Crippen LogP contribution in [0.4, 0.5) is 5.82 Å². The standard InChI is InChI=1S/C18H22N4O3/c1-18(2)11-22(17(23)15-8-20-12-21-16(15)19)9-14(25-18)10-24-13-6-4-3-5-7-13/h3-8,12,14H,9-11H2,1-2H3,(H2,19,20,21). The summed E-state index contributed by atoms with van der Waals surface area (Å²) in [5.74, 6) is 0.758. The third-order valence-electron chi connectivity index (χ3n) is 3.92. The van der Waals surface area contributed by atoms with Crippen molar-refractivity contribution in [3.05, 3.63) is 48.4 Å².